The van der Waals surface area contributed by atoms with Gasteiger partial charge in [0.15, 0.2) is 0 Å². The minimum atomic E-state index is -5.43. The van der Waals surface area contributed by atoms with Gasteiger partial charge in [-0.2, -0.15) is 18.4 Å². The third kappa shape index (κ3) is 5.05. The summed E-state index contributed by atoms with van der Waals surface area (Å²) >= 11 is 0. The number of esters is 1. The van der Waals surface area contributed by atoms with Crippen molar-refractivity contribution >= 4 is 5.97 Å². The van der Waals surface area contributed by atoms with Crippen molar-refractivity contribution in [3.05, 3.63) is 28.8 Å². The van der Waals surface area contributed by atoms with Gasteiger partial charge in [0.25, 0.3) is 0 Å². The van der Waals surface area contributed by atoms with Crippen molar-refractivity contribution in [2.45, 2.75) is 25.9 Å². The summed E-state index contributed by atoms with van der Waals surface area (Å²) in [7, 11) is 0. The number of hydrogen-bond acceptors (Lipinski definition) is 4. The van der Waals surface area contributed by atoms with E-state index in [0.717, 1.165) is 0 Å². The molecule has 1 aromatic carbocycles. The van der Waals surface area contributed by atoms with Crippen LogP contribution in [0.1, 0.15) is 23.6 Å². The fourth-order valence-electron chi connectivity index (χ4n) is 1.72. The number of carbonyl (C=O) groups is 1. The molecule has 0 aliphatic carbocycles. The lowest BCUT2D eigenvalue weighted by atomic mass is 9.99. The molecule has 0 fully saturated rings. The van der Waals surface area contributed by atoms with Crippen molar-refractivity contribution in [1.29, 1.82) is 5.26 Å². The normalized spacial score (nSPS) is 11.7. The maximum Gasteiger partial charge on any atom is 0.573 e. The second-order valence-electron chi connectivity index (χ2n) is 4.11. The molecule has 0 aromatic heterocycles. The Morgan fingerprint density at radius 1 is 1.22 bits per heavy atom. The second kappa shape index (κ2) is 6.76. The maximum absolute atomic E-state index is 12.9. The largest absolute Gasteiger partial charge is 0.573 e. The number of alkyl halides is 6. The zero-order valence-electron chi connectivity index (χ0n) is 11.5. The third-order valence-corrected chi connectivity index (χ3v) is 2.53. The summed E-state index contributed by atoms with van der Waals surface area (Å²) in [6.07, 6.45) is -11.6. The van der Waals surface area contributed by atoms with Crippen LogP contribution in [0.15, 0.2) is 12.1 Å². The molecule has 126 valence electrons. The predicted octanol–water partition coefficient (Wildman–Crippen LogP) is 3.58. The number of ether oxygens (including phenoxy) is 2. The first-order valence-corrected chi connectivity index (χ1v) is 6.04. The molecule has 1 rings (SSSR count). The predicted molar refractivity (Wildman–Crippen MR) is 63.2 cm³/mol. The molecular weight excluding hydrogens is 332 g/mol. The second-order valence-corrected chi connectivity index (χ2v) is 4.11. The van der Waals surface area contributed by atoms with E-state index in [9.17, 15) is 31.1 Å². The van der Waals surface area contributed by atoms with Crippen LogP contribution in [-0.2, 0) is 22.1 Å². The van der Waals surface area contributed by atoms with E-state index in [-0.39, 0.29) is 12.7 Å². The van der Waals surface area contributed by atoms with E-state index >= 15 is 0 Å². The van der Waals surface area contributed by atoms with Gasteiger partial charge in [0.2, 0.25) is 0 Å². The quantitative estimate of drug-likeness (QED) is 0.620. The van der Waals surface area contributed by atoms with Crippen molar-refractivity contribution in [1.82, 2.24) is 0 Å². The zero-order chi connectivity index (χ0) is 17.8. The first-order chi connectivity index (χ1) is 10.5. The minimum Gasteiger partial charge on any atom is -0.466 e. The highest BCUT2D eigenvalue weighted by Gasteiger charge is 2.41. The molecule has 0 N–H and O–H groups in total. The van der Waals surface area contributed by atoms with Gasteiger partial charge in [-0.05, 0) is 19.1 Å². The third-order valence-electron chi connectivity index (χ3n) is 2.53. The lowest BCUT2D eigenvalue weighted by Crippen LogP contribution is -2.23. The first-order valence-electron chi connectivity index (χ1n) is 6.04. The van der Waals surface area contributed by atoms with Gasteiger partial charge >= 0.3 is 18.5 Å². The van der Waals surface area contributed by atoms with Gasteiger partial charge in [-0.15, -0.1) is 13.2 Å². The van der Waals surface area contributed by atoms with Crippen LogP contribution in [0, 0.1) is 11.3 Å². The molecular formula is C13H9F6NO3. The van der Waals surface area contributed by atoms with E-state index < -0.39 is 47.4 Å². The maximum atomic E-state index is 12.9. The van der Waals surface area contributed by atoms with E-state index in [2.05, 4.69) is 9.47 Å². The number of halogens is 6. The highest BCUT2D eigenvalue weighted by Crippen LogP contribution is 2.41. The Bertz CT molecular complexity index is 630. The fourth-order valence-corrected chi connectivity index (χ4v) is 1.72. The van der Waals surface area contributed by atoms with Crippen molar-refractivity contribution < 1.29 is 40.6 Å². The number of nitriles is 1. The van der Waals surface area contributed by atoms with Crippen molar-refractivity contribution in [3.63, 3.8) is 0 Å². The molecule has 0 radical (unpaired) electrons. The summed E-state index contributed by atoms with van der Waals surface area (Å²) in [5.74, 6) is -2.72. The standard InChI is InChI=1S/C13H9F6NO3/c1-2-22-10(21)5-8-7(6-20)3-4-9(12(14,15)16)11(8)23-13(17,18)19/h3-4H,2,5H2,1H3. The molecule has 0 saturated heterocycles. The van der Waals surface area contributed by atoms with Crippen LogP contribution >= 0.6 is 0 Å². The number of carbonyl (C=O) groups excluding carboxylic acids is 1. The Hall–Kier alpha value is -2.44. The van der Waals surface area contributed by atoms with Gasteiger partial charge in [-0.25, -0.2) is 0 Å². The van der Waals surface area contributed by atoms with E-state index in [4.69, 9.17) is 5.26 Å². The van der Waals surface area contributed by atoms with Gasteiger partial charge in [0.05, 0.1) is 30.2 Å². The Morgan fingerprint density at radius 3 is 2.26 bits per heavy atom. The number of hydrogen-bond donors (Lipinski definition) is 0. The molecule has 0 saturated carbocycles. The Kier molecular flexibility index (Phi) is 5.47. The van der Waals surface area contributed by atoms with Gasteiger partial charge in [-0.3, -0.25) is 4.79 Å². The average Bonchev–Trinajstić information content (AvgIpc) is 2.37. The summed E-state index contributed by atoms with van der Waals surface area (Å²) in [4.78, 5) is 11.4. The molecule has 0 heterocycles. The molecule has 0 amide bonds. The Labute approximate surface area is 126 Å². The summed E-state index contributed by atoms with van der Waals surface area (Å²) < 4.78 is 83.8. The molecule has 10 heteroatoms. The molecule has 0 atom stereocenters. The van der Waals surface area contributed by atoms with Crippen molar-refractivity contribution in [3.8, 4) is 11.8 Å². The van der Waals surface area contributed by atoms with E-state index in [0.29, 0.717) is 6.07 Å². The van der Waals surface area contributed by atoms with Gasteiger partial charge in [0.1, 0.15) is 5.75 Å². The molecule has 0 aliphatic rings. The van der Waals surface area contributed by atoms with Gasteiger partial charge < -0.3 is 9.47 Å². The summed E-state index contributed by atoms with van der Waals surface area (Å²) in [6, 6.07) is 2.38. The van der Waals surface area contributed by atoms with Gasteiger partial charge in [0, 0.05) is 5.56 Å². The van der Waals surface area contributed by atoms with Gasteiger partial charge in [-0.1, -0.05) is 0 Å². The molecule has 23 heavy (non-hydrogen) atoms. The smallest absolute Gasteiger partial charge is 0.466 e. The van der Waals surface area contributed by atoms with E-state index in [1.807, 2.05) is 0 Å². The molecule has 4 nitrogen and oxygen atoms in total. The lowest BCUT2D eigenvalue weighted by molar-refractivity contribution is -0.276. The van der Waals surface area contributed by atoms with E-state index in [1.165, 1.54) is 13.0 Å². The summed E-state index contributed by atoms with van der Waals surface area (Å²) in [5, 5.41) is 8.86. The van der Waals surface area contributed by atoms with Crippen molar-refractivity contribution in [2.24, 2.45) is 0 Å². The van der Waals surface area contributed by atoms with Crippen LogP contribution in [0.25, 0.3) is 0 Å². The highest BCUT2D eigenvalue weighted by atomic mass is 19.4. The summed E-state index contributed by atoms with van der Waals surface area (Å²) in [6.45, 7) is 1.28. The zero-order valence-corrected chi connectivity index (χ0v) is 11.5. The highest BCUT2D eigenvalue weighted by molar-refractivity contribution is 5.75. The molecule has 0 aliphatic heterocycles. The number of rotatable bonds is 4. The van der Waals surface area contributed by atoms with Crippen LogP contribution in [0.5, 0.6) is 5.75 Å². The average molecular weight is 341 g/mol. The molecule has 0 unspecified atom stereocenters. The van der Waals surface area contributed by atoms with Crippen LogP contribution in [-0.4, -0.2) is 18.9 Å². The lowest BCUT2D eigenvalue weighted by Gasteiger charge is -2.19. The minimum absolute atomic E-state index is 0.130. The number of nitrogens with zero attached hydrogens (tertiary/aromatic N) is 1. The fraction of sp³-hybridized carbons (Fsp3) is 0.385. The van der Waals surface area contributed by atoms with Crippen LogP contribution in [0.2, 0.25) is 0 Å². The first kappa shape index (κ1) is 18.6. The van der Waals surface area contributed by atoms with Crippen LogP contribution in [0.3, 0.4) is 0 Å². The van der Waals surface area contributed by atoms with E-state index in [1.54, 1.807) is 0 Å². The number of benzene rings is 1. The SMILES string of the molecule is CCOC(=O)Cc1c(C#N)ccc(C(F)(F)F)c1OC(F)(F)F. The Balaban J connectivity index is 3.54. The van der Waals surface area contributed by atoms with Crippen molar-refractivity contribution in [2.75, 3.05) is 6.61 Å². The topological polar surface area (TPSA) is 59.3 Å². The molecule has 0 spiro atoms. The molecule has 0 bridgehead atoms. The van der Waals surface area contributed by atoms with Crippen LogP contribution < -0.4 is 4.74 Å². The molecule has 1 aromatic rings. The summed E-state index contributed by atoms with van der Waals surface area (Å²) in [5.41, 5.74) is -3.13. The Morgan fingerprint density at radius 2 is 1.83 bits per heavy atom. The van der Waals surface area contributed by atoms with Crippen LogP contribution in [0.4, 0.5) is 26.3 Å². The monoisotopic (exact) mass is 341 g/mol.